The average molecular weight is 279 g/mol. The van der Waals surface area contributed by atoms with E-state index in [-0.39, 0.29) is 0 Å². The molecule has 0 unspecified atom stereocenters. The highest BCUT2D eigenvalue weighted by atomic mass is 16.3. The van der Waals surface area contributed by atoms with Crippen LogP contribution in [0.25, 0.3) is 16.9 Å². The molecule has 4 nitrogen and oxygen atoms in total. The molecule has 4 heteroatoms. The number of aromatic nitrogens is 3. The zero-order valence-corrected chi connectivity index (χ0v) is 12.1. The molecule has 0 bridgehead atoms. The van der Waals surface area contributed by atoms with E-state index in [2.05, 4.69) is 29.1 Å². The molecule has 3 aromatic rings. The first-order valence-corrected chi connectivity index (χ1v) is 6.91. The van der Waals surface area contributed by atoms with Crippen LogP contribution >= 0.6 is 0 Å². The molecule has 2 heterocycles. The highest BCUT2D eigenvalue weighted by molar-refractivity contribution is 5.70. The maximum atomic E-state index is 9.71. The molecule has 0 saturated heterocycles. The van der Waals surface area contributed by atoms with Gasteiger partial charge in [0, 0.05) is 18.0 Å². The van der Waals surface area contributed by atoms with Gasteiger partial charge in [0.25, 0.3) is 0 Å². The van der Waals surface area contributed by atoms with Gasteiger partial charge in [0.2, 0.25) is 0 Å². The number of hydrogen-bond acceptors (Lipinski definition) is 3. The van der Waals surface area contributed by atoms with Crippen LogP contribution in [0.2, 0.25) is 0 Å². The zero-order valence-electron chi connectivity index (χ0n) is 12.1. The quantitative estimate of drug-likeness (QED) is 0.800. The van der Waals surface area contributed by atoms with Crippen LogP contribution < -0.4 is 0 Å². The lowest BCUT2D eigenvalue weighted by Gasteiger charge is -2.12. The Morgan fingerprint density at radius 1 is 1.14 bits per heavy atom. The summed E-state index contributed by atoms with van der Waals surface area (Å²) >= 11 is 0. The fourth-order valence-corrected chi connectivity index (χ4v) is 2.29. The van der Waals surface area contributed by atoms with Crippen LogP contribution in [0.3, 0.4) is 0 Å². The minimum absolute atomic E-state index is 0.580. The van der Waals surface area contributed by atoms with E-state index in [0.29, 0.717) is 5.69 Å². The molecule has 106 valence electrons. The number of nitrogens with zero attached hydrogens (tertiary/aromatic N) is 3. The molecule has 0 aliphatic rings. The Bertz CT molecular complexity index is 748. The maximum Gasteiger partial charge on any atom is 0.0932 e. The van der Waals surface area contributed by atoms with Crippen LogP contribution in [-0.2, 0) is 0 Å². The van der Waals surface area contributed by atoms with Crippen molar-refractivity contribution in [3.63, 3.8) is 0 Å². The summed E-state index contributed by atoms with van der Waals surface area (Å²) in [5.74, 6) is 0. The van der Waals surface area contributed by atoms with Gasteiger partial charge in [-0.25, -0.2) is 4.68 Å². The molecule has 1 N–H and O–H groups in total. The van der Waals surface area contributed by atoms with Gasteiger partial charge in [0.1, 0.15) is 0 Å². The summed E-state index contributed by atoms with van der Waals surface area (Å²) in [5, 5.41) is 14.0. The van der Waals surface area contributed by atoms with E-state index in [4.69, 9.17) is 0 Å². The van der Waals surface area contributed by atoms with Gasteiger partial charge in [-0.1, -0.05) is 18.2 Å². The second-order valence-corrected chi connectivity index (χ2v) is 5.09. The SMILES string of the molecule is Cc1ccc(-c2cccc([C@@H](C)O)n2)c(-n2cccn2)c1. The molecule has 0 aliphatic heterocycles. The summed E-state index contributed by atoms with van der Waals surface area (Å²) in [6.45, 7) is 3.77. The van der Waals surface area contributed by atoms with Crippen LogP contribution in [0.1, 0.15) is 24.3 Å². The predicted octanol–water partition coefficient (Wildman–Crippen LogP) is 3.30. The fraction of sp³-hybridized carbons (Fsp3) is 0.176. The highest BCUT2D eigenvalue weighted by Gasteiger charge is 2.11. The lowest BCUT2D eigenvalue weighted by molar-refractivity contribution is 0.194. The summed E-state index contributed by atoms with van der Waals surface area (Å²) in [5.41, 5.74) is 4.64. The second kappa shape index (κ2) is 5.50. The Hall–Kier alpha value is -2.46. The molecule has 0 radical (unpaired) electrons. The molecule has 1 aromatic carbocycles. The van der Waals surface area contributed by atoms with Gasteiger partial charge >= 0.3 is 0 Å². The number of aliphatic hydroxyl groups excluding tert-OH is 1. The van der Waals surface area contributed by atoms with E-state index in [1.807, 2.05) is 41.2 Å². The van der Waals surface area contributed by atoms with E-state index in [1.54, 1.807) is 13.1 Å². The minimum Gasteiger partial charge on any atom is -0.387 e. The molecule has 3 rings (SSSR count). The first-order chi connectivity index (χ1) is 10.1. The predicted molar refractivity (Wildman–Crippen MR) is 82.2 cm³/mol. The van der Waals surface area contributed by atoms with Gasteiger partial charge < -0.3 is 5.11 Å². The Balaban J connectivity index is 2.17. The highest BCUT2D eigenvalue weighted by Crippen LogP contribution is 2.27. The van der Waals surface area contributed by atoms with E-state index >= 15 is 0 Å². The number of aliphatic hydroxyl groups is 1. The van der Waals surface area contributed by atoms with Gasteiger partial charge in [-0.2, -0.15) is 5.10 Å². The lowest BCUT2D eigenvalue weighted by atomic mass is 10.1. The normalized spacial score (nSPS) is 12.3. The Morgan fingerprint density at radius 3 is 2.71 bits per heavy atom. The number of rotatable bonds is 3. The third-order valence-corrected chi connectivity index (χ3v) is 3.38. The van der Waals surface area contributed by atoms with Gasteiger partial charge in [-0.3, -0.25) is 4.98 Å². The minimum atomic E-state index is -0.580. The average Bonchev–Trinajstić information content (AvgIpc) is 3.01. The number of pyridine rings is 1. The first kappa shape index (κ1) is 13.5. The van der Waals surface area contributed by atoms with Crippen LogP contribution in [0.15, 0.2) is 54.9 Å². The van der Waals surface area contributed by atoms with E-state index in [9.17, 15) is 5.11 Å². The largest absolute Gasteiger partial charge is 0.387 e. The zero-order chi connectivity index (χ0) is 14.8. The number of benzene rings is 1. The van der Waals surface area contributed by atoms with Crippen molar-refractivity contribution in [3.8, 4) is 16.9 Å². The van der Waals surface area contributed by atoms with Crippen LogP contribution in [0.4, 0.5) is 0 Å². The van der Waals surface area contributed by atoms with Gasteiger partial charge in [0.15, 0.2) is 0 Å². The summed E-state index contributed by atoms with van der Waals surface area (Å²) in [6.07, 6.45) is 3.09. The molecule has 21 heavy (non-hydrogen) atoms. The second-order valence-electron chi connectivity index (χ2n) is 5.09. The van der Waals surface area contributed by atoms with Crippen molar-refractivity contribution in [2.75, 3.05) is 0 Å². The van der Waals surface area contributed by atoms with E-state index < -0.39 is 6.10 Å². The first-order valence-electron chi connectivity index (χ1n) is 6.91. The molecule has 2 aromatic heterocycles. The molecule has 1 atom stereocenters. The molecule has 0 fully saturated rings. The lowest BCUT2D eigenvalue weighted by Crippen LogP contribution is -2.01. The molecule has 0 amide bonds. The molecule has 0 spiro atoms. The Kier molecular flexibility index (Phi) is 3.54. The van der Waals surface area contributed by atoms with Crippen molar-refractivity contribution < 1.29 is 5.11 Å². The van der Waals surface area contributed by atoms with Crippen molar-refractivity contribution in [3.05, 3.63) is 66.1 Å². The smallest absolute Gasteiger partial charge is 0.0932 e. The monoisotopic (exact) mass is 279 g/mol. The Labute approximate surface area is 123 Å². The van der Waals surface area contributed by atoms with Crippen LogP contribution in [-0.4, -0.2) is 19.9 Å². The maximum absolute atomic E-state index is 9.71. The van der Waals surface area contributed by atoms with Crippen LogP contribution in [0, 0.1) is 6.92 Å². The fourth-order valence-electron chi connectivity index (χ4n) is 2.29. The summed E-state index contributed by atoms with van der Waals surface area (Å²) in [6, 6.07) is 13.8. The van der Waals surface area contributed by atoms with E-state index in [1.165, 1.54) is 0 Å². The van der Waals surface area contributed by atoms with E-state index in [0.717, 1.165) is 22.5 Å². The van der Waals surface area contributed by atoms with Gasteiger partial charge in [-0.05, 0) is 43.7 Å². The number of hydrogen-bond donors (Lipinski definition) is 1. The molecular formula is C17H17N3O. The summed E-state index contributed by atoms with van der Waals surface area (Å²) < 4.78 is 1.83. The third-order valence-electron chi connectivity index (χ3n) is 3.38. The van der Waals surface area contributed by atoms with Crippen molar-refractivity contribution in [1.82, 2.24) is 14.8 Å². The van der Waals surface area contributed by atoms with Crippen molar-refractivity contribution in [1.29, 1.82) is 0 Å². The molecule has 0 aliphatic carbocycles. The van der Waals surface area contributed by atoms with Crippen molar-refractivity contribution in [2.45, 2.75) is 20.0 Å². The Morgan fingerprint density at radius 2 is 2.00 bits per heavy atom. The van der Waals surface area contributed by atoms with Gasteiger partial charge in [-0.15, -0.1) is 0 Å². The number of aryl methyl sites for hydroxylation is 1. The summed E-state index contributed by atoms with van der Waals surface area (Å²) in [7, 11) is 0. The van der Waals surface area contributed by atoms with Gasteiger partial charge in [0.05, 0.1) is 23.2 Å². The molecular weight excluding hydrogens is 262 g/mol. The topological polar surface area (TPSA) is 50.9 Å². The standard InChI is InChI=1S/C17H17N3O/c1-12-7-8-14(17(11-12)20-10-4-9-18-20)16-6-3-5-15(19-16)13(2)21/h3-11,13,21H,1-2H3/t13-/m1/s1. The van der Waals surface area contributed by atoms with Crippen molar-refractivity contribution >= 4 is 0 Å². The molecule has 0 saturated carbocycles. The summed E-state index contributed by atoms with van der Waals surface area (Å²) in [4.78, 5) is 4.55. The third kappa shape index (κ3) is 2.71. The van der Waals surface area contributed by atoms with Crippen LogP contribution in [0.5, 0.6) is 0 Å². The van der Waals surface area contributed by atoms with Crippen molar-refractivity contribution in [2.24, 2.45) is 0 Å².